The lowest BCUT2D eigenvalue weighted by Crippen LogP contribution is -2.38. The van der Waals surface area contributed by atoms with Crippen molar-refractivity contribution in [1.82, 2.24) is 5.32 Å². The Kier molecular flexibility index (Phi) is 6.27. The van der Waals surface area contributed by atoms with Crippen LogP contribution in [0.4, 0.5) is 8.78 Å². The SMILES string of the molecule is CCNC(Cc1c(F)cccc1F)C(CC)CC. The number of nitrogens with one attached hydrogen (secondary N) is 1. The molecule has 1 aromatic rings. The van der Waals surface area contributed by atoms with E-state index in [1.807, 2.05) is 6.92 Å². The van der Waals surface area contributed by atoms with Crippen LogP contribution in [0.25, 0.3) is 0 Å². The van der Waals surface area contributed by atoms with Crippen molar-refractivity contribution in [3.63, 3.8) is 0 Å². The van der Waals surface area contributed by atoms with E-state index < -0.39 is 11.6 Å². The third-order valence-electron chi connectivity index (χ3n) is 3.57. The van der Waals surface area contributed by atoms with E-state index >= 15 is 0 Å². The maximum atomic E-state index is 13.7. The monoisotopic (exact) mass is 255 g/mol. The highest BCUT2D eigenvalue weighted by Gasteiger charge is 2.21. The van der Waals surface area contributed by atoms with Crippen molar-refractivity contribution < 1.29 is 8.78 Å². The number of halogens is 2. The number of rotatable bonds is 7. The molecule has 3 heteroatoms. The fourth-order valence-electron chi connectivity index (χ4n) is 2.47. The molecule has 1 nitrogen and oxygen atoms in total. The highest BCUT2D eigenvalue weighted by Crippen LogP contribution is 2.21. The molecular weight excluding hydrogens is 232 g/mol. The van der Waals surface area contributed by atoms with Gasteiger partial charge in [-0.3, -0.25) is 0 Å². The van der Waals surface area contributed by atoms with Crippen LogP contribution in [0.2, 0.25) is 0 Å². The fraction of sp³-hybridized carbons (Fsp3) is 0.600. The van der Waals surface area contributed by atoms with E-state index in [9.17, 15) is 8.78 Å². The third kappa shape index (κ3) is 3.77. The van der Waals surface area contributed by atoms with Crippen molar-refractivity contribution in [2.75, 3.05) is 6.54 Å². The molecule has 1 unspecified atom stereocenters. The Balaban J connectivity index is 2.89. The van der Waals surface area contributed by atoms with Crippen LogP contribution in [-0.4, -0.2) is 12.6 Å². The van der Waals surface area contributed by atoms with Gasteiger partial charge in [0.15, 0.2) is 0 Å². The van der Waals surface area contributed by atoms with E-state index in [0.29, 0.717) is 12.3 Å². The van der Waals surface area contributed by atoms with Crippen LogP contribution in [0, 0.1) is 17.6 Å². The molecule has 1 atom stereocenters. The molecule has 0 radical (unpaired) electrons. The highest BCUT2D eigenvalue weighted by atomic mass is 19.1. The summed E-state index contributed by atoms with van der Waals surface area (Å²) in [5.74, 6) is -0.434. The standard InChI is InChI=1S/C15H23F2N/c1-4-11(5-2)15(18-6-3)10-12-13(16)8-7-9-14(12)17/h7-9,11,15,18H,4-6,10H2,1-3H3. The van der Waals surface area contributed by atoms with Crippen molar-refractivity contribution in [2.24, 2.45) is 5.92 Å². The Morgan fingerprint density at radius 1 is 1.06 bits per heavy atom. The first-order valence-corrected chi connectivity index (χ1v) is 6.80. The van der Waals surface area contributed by atoms with Gasteiger partial charge in [0.1, 0.15) is 11.6 Å². The van der Waals surface area contributed by atoms with Crippen LogP contribution in [0.3, 0.4) is 0 Å². The first-order chi connectivity index (χ1) is 8.63. The zero-order valence-corrected chi connectivity index (χ0v) is 11.5. The van der Waals surface area contributed by atoms with Gasteiger partial charge in [-0.2, -0.15) is 0 Å². The zero-order valence-electron chi connectivity index (χ0n) is 11.5. The largest absolute Gasteiger partial charge is 0.314 e. The van der Waals surface area contributed by atoms with Crippen LogP contribution < -0.4 is 5.32 Å². The summed E-state index contributed by atoms with van der Waals surface area (Å²) in [6.07, 6.45) is 2.45. The quantitative estimate of drug-likeness (QED) is 0.778. The molecular formula is C15H23F2N. The summed E-state index contributed by atoms with van der Waals surface area (Å²) in [6, 6.07) is 4.20. The van der Waals surface area contributed by atoms with Gasteiger partial charge in [0.2, 0.25) is 0 Å². The van der Waals surface area contributed by atoms with Gasteiger partial charge in [-0.05, 0) is 31.0 Å². The van der Waals surface area contributed by atoms with E-state index in [0.717, 1.165) is 19.4 Å². The van der Waals surface area contributed by atoms with Gasteiger partial charge >= 0.3 is 0 Å². The van der Waals surface area contributed by atoms with Crippen molar-refractivity contribution >= 4 is 0 Å². The zero-order chi connectivity index (χ0) is 13.5. The van der Waals surface area contributed by atoms with E-state index in [-0.39, 0.29) is 11.6 Å². The van der Waals surface area contributed by atoms with Gasteiger partial charge < -0.3 is 5.32 Å². The van der Waals surface area contributed by atoms with Gasteiger partial charge in [0.05, 0.1) is 0 Å². The van der Waals surface area contributed by atoms with E-state index in [1.165, 1.54) is 18.2 Å². The van der Waals surface area contributed by atoms with Crippen LogP contribution in [0.15, 0.2) is 18.2 Å². The van der Waals surface area contributed by atoms with Crippen molar-refractivity contribution in [3.05, 3.63) is 35.4 Å². The minimum atomic E-state index is -0.441. The van der Waals surface area contributed by atoms with Gasteiger partial charge in [-0.15, -0.1) is 0 Å². The summed E-state index contributed by atoms with van der Waals surface area (Å²) in [7, 11) is 0. The minimum Gasteiger partial charge on any atom is -0.314 e. The summed E-state index contributed by atoms with van der Waals surface area (Å²) in [6.45, 7) is 7.08. The Labute approximate surface area is 109 Å². The number of hydrogen-bond acceptors (Lipinski definition) is 1. The average molecular weight is 255 g/mol. The predicted molar refractivity (Wildman–Crippen MR) is 71.6 cm³/mol. The Bertz CT molecular complexity index is 341. The molecule has 0 heterocycles. The summed E-state index contributed by atoms with van der Waals surface area (Å²) in [4.78, 5) is 0. The van der Waals surface area contributed by atoms with Crippen molar-refractivity contribution in [3.8, 4) is 0 Å². The minimum absolute atomic E-state index is 0.136. The molecule has 0 aliphatic heterocycles. The molecule has 1 N–H and O–H groups in total. The van der Waals surface area contributed by atoms with Gasteiger partial charge in [-0.25, -0.2) is 8.78 Å². The Morgan fingerprint density at radius 2 is 1.61 bits per heavy atom. The van der Waals surface area contributed by atoms with E-state index in [2.05, 4.69) is 19.2 Å². The number of hydrogen-bond donors (Lipinski definition) is 1. The molecule has 0 aliphatic rings. The molecule has 0 saturated carbocycles. The molecule has 0 amide bonds. The lowest BCUT2D eigenvalue weighted by atomic mass is 9.89. The Hall–Kier alpha value is -0.960. The first kappa shape index (κ1) is 15.1. The molecule has 0 saturated heterocycles. The average Bonchev–Trinajstić information content (AvgIpc) is 2.35. The number of likely N-dealkylation sites (N-methyl/N-ethyl adjacent to an activating group) is 1. The van der Waals surface area contributed by atoms with Crippen LogP contribution in [0.5, 0.6) is 0 Å². The van der Waals surface area contributed by atoms with Crippen LogP contribution >= 0.6 is 0 Å². The maximum Gasteiger partial charge on any atom is 0.129 e. The highest BCUT2D eigenvalue weighted by molar-refractivity contribution is 5.21. The number of benzene rings is 1. The molecule has 102 valence electrons. The molecule has 0 aromatic heterocycles. The molecule has 18 heavy (non-hydrogen) atoms. The summed E-state index contributed by atoms with van der Waals surface area (Å²) < 4.78 is 27.3. The second-order valence-electron chi connectivity index (χ2n) is 4.65. The topological polar surface area (TPSA) is 12.0 Å². The maximum absolute atomic E-state index is 13.7. The summed E-state index contributed by atoms with van der Waals surface area (Å²) in [5.41, 5.74) is 0.204. The van der Waals surface area contributed by atoms with E-state index in [4.69, 9.17) is 0 Å². The predicted octanol–water partition coefficient (Wildman–Crippen LogP) is 3.92. The van der Waals surface area contributed by atoms with Crippen molar-refractivity contribution in [2.45, 2.75) is 46.1 Å². The van der Waals surface area contributed by atoms with Crippen LogP contribution in [-0.2, 0) is 6.42 Å². The lowest BCUT2D eigenvalue weighted by molar-refractivity contribution is 0.330. The molecule has 0 bridgehead atoms. The van der Waals surface area contributed by atoms with Crippen LogP contribution in [0.1, 0.15) is 39.2 Å². The van der Waals surface area contributed by atoms with E-state index in [1.54, 1.807) is 0 Å². The normalized spacial score (nSPS) is 13.0. The summed E-state index contributed by atoms with van der Waals surface area (Å²) in [5, 5.41) is 3.35. The van der Waals surface area contributed by atoms with Gasteiger partial charge in [0.25, 0.3) is 0 Å². The molecule has 0 aliphatic carbocycles. The van der Waals surface area contributed by atoms with Crippen molar-refractivity contribution in [1.29, 1.82) is 0 Å². The molecule has 1 rings (SSSR count). The molecule has 0 spiro atoms. The first-order valence-electron chi connectivity index (χ1n) is 6.80. The summed E-state index contributed by atoms with van der Waals surface area (Å²) >= 11 is 0. The van der Waals surface area contributed by atoms with Gasteiger partial charge in [0, 0.05) is 11.6 Å². The molecule has 1 aromatic carbocycles. The third-order valence-corrected chi connectivity index (χ3v) is 3.57. The fourth-order valence-corrected chi connectivity index (χ4v) is 2.47. The Morgan fingerprint density at radius 3 is 2.06 bits per heavy atom. The molecule has 0 fully saturated rings. The lowest BCUT2D eigenvalue weighted by Gasteiger charge is -2.26. The van der Waals surface area contributed by atoms with Gasteiger partial charge in [-0.1, -0.05) is 39.7 Å². The second-order valence-corrected chi connectivity index (χ2v) is 4.65. The smallest absolute Gasteiger partial charge is 0.129 e. The second kappa shape index (κ2) is 7.47.